The second kappa shape index (κ2) is 11.0. The van der Waals surface area contributed by atoms with E-state index in [-0.39, 0.29) is 24.9 Å². The lowest BCUT2D eigenvalue weighted by atomic mass is 10.0. The summed E-state index contributed by atoms with van der Waals surface area (Å²) in [5, 5.41) is 12.1. The quantitative estimate of drug-likeness (QED) is 0.376. The molecule has 39 heavy (non-hydrogen) atoms. The van der Waals surface area contributed by atoms with Crippen LogP contribution < -0.4 is 4.74 Å². The van der Waals surface area contributed by atoms with Gasteiger partial charge < -0.3 is 14.7 Å². The van der Waals surface area contributed by atoms with Crippen LogP contribution in [0.15, 0.2) is 73.3 Å². The van der Waals surface area contributed by atoms with Gasteiger partial charge in [0.05, 0.1) is 23.3 Å². The van der Waals surface area contributed by atoms with Gasteiger partial charge in [-0.05, 0) is 24.3 Å². The van der Waals surface area contributed by atoms with Gasteiger partial charge in [0.1, 0.15) is 12.7 Å². The van der Waals surface area contributed by atoms with Crippen molar-refractivity contribution in [2.24, 2.45) is 0 Å². The lowest BCUT2D eigenvalue weighted by Crippen LogP contribution is -2.55. The van der Waals surface area contributed by atoms with Crippen molar-refractivity contribution in [1.82, 2.24) is 24.6 Å². The van der Waals surface area contributed by atoms with Gasteiger partial charge in [-0.1, -0.05) is 30.3 Å². The number of carboxylic acids is 1. The van der Waals surface area contributed by atoms with Gasteiger partial charge in [-0.15, -0.1) is 0 Å². The maximum Gasteiger partial charge on any atom is 0.490 e. The molecule has 14 heteroatoms. The topological polar surface area (TPSA) is 110 Å². The Kier molecular flexibility index (Phi) is 7.74. The fourth-order valence-electron chi connectivity index (χ4n) is 3.79. The molecule has 0 spiro atoms. The number of fused-ring (bicyclic) bond motifs is 1. The van der Waals surface area contributed by atoms with E-state index in [0.29, 0.717) is 16.8 Å². The highest BCUT2D eigenvalue weighted by molar-refractivity contribution is 5.97. The Morgan fingerprint density at radius 3 is 2.41 bits per heavy atom. The molecule has 1 atom stereocenters. The van der Waals surface area contributed by atoms with E-state index in [4.69, 9.17) is 14.6 Å². The Bertz CT molecular complexity index is 1460. The number of aromatic nitrogens is 4. The number of para-hydroxylation sites is 2. The zero-order valence-corrected chi connectivity index (χ0v) is 19.9. The van der Waals surface area contributed by atoms with Crippen LogP contribution in [0.4, 0.5) is 22.0 Å². The Hall–Kier alpha value is -4.62. The van der Waals surface area contributed by atoms with Crippen LogP contribution in [0.3, 0.4) is 0 Å². The fourth-order valence-corrected chi connectivity index (χ4v) is 3.79. The minimum absolute atomic E-state index is 0.0808. The standard InChI is InChI=1S/C23H19F2N5O2.C2HF3O2/c24-23(25)11-12-29(22(31)17-6-2-4-8-19(17)30-15-26-14-27-30)13-20(23)32-21-10-9-16-5-1-3-7-18(16)28-21;3-2(4,5)1(6)7/h1-10,14-15,20H,11-13H2;(H,6,7). The van der Waals surface area contributed by atoms with Gasteiger partial charge >= 0.3 is 12.1 Å². The molecule has 1 N–H and O–H groups in total. The van der Waals surface area contributed by atoms with E-state index in [2.05, 4.69) is 15.1 Å². The SMILES string of the molecule is O=C(O)C(F)(F)F.O=C(c1ccccc1-n1cncn1)N1CCC(F)(F)C(Oc2ccc3ccccc3n2)C1. The minimum atomic E-state index is -5.08. The number of nitrogens with zero attached hydrogens (tertiary/aromatic N) is 5. The second-order valence-electron chi connectivity index (χ2n) is 8.37. The number of pyridine rings is 1. The number of alkyl halides is 5. The predicted molar refractivity (Wildman–Crippen MR) is 127 cm³/mol. The molecule has 1 saturated heterocycles. The first kappa shape index (κ1) is 27.4. The number of carbonyl (C=O) groups is 2. The first-order chi connectivity index (χ1) is 18.5. The average Bonchev–Trinajstić information content (AvgIpc) is 3.44. The van der Waals surface area contributed by atoms with Crippen molar-refractivity contribution in [3.63, 3.8) is 0 Å². The summed E-state index contributed by atoms with van der Waals surface area (Å²) < 4.78 is 68.2. The van der Waals surface area contributed by atoms with Crippen LogP contribution in [0.25, 0.3) is 16.6 Å². The number of aliphatic carboxylic acids is 1. The van der Waals surface area contributed by atoms with E-state index in [0.717, 1.165) is 5.39 Å². The van der Waals surface area contributed by atoms with Gasteiger partial charge in [0.15, 0.2) is 6.10 Å². The van der Waals surface area contributed by atoms with Crippen molar-refractivity contribution in [1.29, 1.82) is 0 Å². The van der Waals surface area contributed by atoms with Gasteiger partial charge in [0.25, 0.3) is 11.8 Å². The van der Waals surface area contributed by atoms with Crippen LogP contribution in [0.2, 0.25) is 0 Å². The summed E-state index contributed by atoms with van der Waals surface area (Å²) in [6.45, 7) is -0.339. The van der Waals surface area contributed by atoms with Crippen molar-refractivity contribution in [3.05, 3.63) is 78.9 Å². The van der Waals surface area contributed by atoms with E-state index < -0.39 is 30.6 Å². The highest BCUT2D eigenvalue weighted by Crippen LogP contribution is 2.33. The monoisotopic (exact) mass is 549 g/mol. The third-order valence-electron chi connectivity index (χ3n) is 5.74. The van der Waals surface area contributed by atoms with Gasteiger partial charge in [-0.25, -0.2) is 28.2 Å². The molecular formula is C25H20F5N5O4. The highest BCUT2D eigenvalue weighted by Gasteiger charge is 2.47. The van der Waals surface area contributed by atoms with Gasteiger partial charge in [-0.3, -0.25) is 4.79 Å². The van der Waals surface area contributed by atoms with Crippen LogP contribution in [0, 0.1) is 0 Å². The first-order valence-electron chi connectivity index (χ1n) is 11.4. The first-order valence-corrected chi connectivity index (χ1v) is 11.4. The van der Waals surface area contributed by atoms with E-state index in [9.17, 15) is 26.7 Å². The number of carboxylic acid groups (broad SMARTS) is 1. The van der Waals surface area contributed by atoms with Gasteiger partial charge in [0.2, 0.25) is 5.88 Å². The molecule has 0 aliphatic carbocycles. The van der Waals surface area contributed by atoms with Crippen LogP contribution in [0.5, 0.6) is 5.88 Å². The summed E-state index contributed by atoms with van der Waals surface area (Å²) >= 11 is 0. The van der Waals surface area contributed by atoms with Crippen LogP contribution in [-0.2, 0) is 4.79 Å². The number of likely N-dealkylation sites (tertiary alicyclic amines) is 1. The lowest BCUT2D eigenvalue weighted by Gasteiger charge is -2.38. The van der Waals surface area contributed by atoms with Crippen LogP contribution in [0.1, 0.15) is 16.8 Å². The summed E-state index contributed by atoms with van der Waals surface area (Å²) in [6, 6.07) is 17.6. The number of rotatable bonds is 4. The molecule has 0 radical (unpaired) electrons. The Morgan fingerprint density at radius 2 is 1.72 bits per heavy atom. The number of benzene rings is 2. The van der Waals surface area contributed by atoms with Crippen molar-refractivity contribution >= 4 is 22.8 Å². The smallest absolute Gasteiger partial charge is 0.475 e. The van der Waals surface area contributed by atoms with Crippen molar-refractivity contribution in [2.45, 2.75) is 24.6 Å². The third kappa shape index (κ3) is 6.45. The zero-order chi connectivity index (χ0) is 28.2. The molecule has 2 aromatic carbocycles. The third-order valence-corrected chi connectivity index (χ3v) is 5.74. The summed E-state index contributed by atoms with van der Waals surface area (Å²) in [4.78, 5) is 31.8. The van der Waals surface area contributed by atoms with Gasteiger partial charge in [-0.2, -0.15) is 18.3 Å². The molecule has 9 nitrogen and oxygen atoms in total. The lowest BCUT2D eigenvalue weighted by molar-refractivity contribution is -0.192. The number of piperidine rings is 1. The molecule has 1 amide bonds. The van der Waals surface area contributed by atoms with E-state index in [1.807, 2.05) is 18.2 Å². The average molecular weight is 549 g/mol. The van der Waals surface area contributed by atoms with Crippen molar-refractivity contribution < 1.29 is 41.4 Å². The van der Waals surface area contributed by atoms with E-state index in [1.54, 1.807) is 42.5 Å². The summed E-state index contributed by atoms with van der Waals surface area (Å²) in [5.41, 5.74) is 1.53. The molecular weight excluding hydrogens is 529 g/mol. The Labute approximate surface area is 217 Å². The normalized spacial score (nSPS) is 16.7. The van der Waals surface area contributed by atoms with E-state index >= 15 is 0 Å². The molecule has 4 aromatic rings. The maximum atomic E-state index is 14.7. The van der Waals surface area contributed by atoms with E-state index in [1.165, 1.54) is 22.2 Å². The zero-order valence-electron chi connectivity index (χ0n) is 19.9. The number of carbonyl (C=O) groups excluding carboxylic acids is 1. The number of amides is 1. The number of ether oxygens (including phenoxy) is 1. The number of halogens is 5. The van der Waals surface area contributed by atoms with Crippen LogP contribution in [-0.4, -0.2) is 72.9 Å². The minimum Gasteiger partial charge on any atom is -0.475 e. The van der Waals surface area contributed by atoms with Gasteiger partial charge in [0, 0.05) is 24.4 Å². The van der Waals surface area contributed by atoms with Crippen molar-refractivity contribution in [2.75, 3.05) is 13.1 Å². The largest absolute Gasteiger partial charge is 0.490 e. The molecule has 1 unspecified atom stereocenters. The molecule has 1 fully saturated rings. The Morgan fingerprint density at radius 1 is 1.03 bits per heavy atom. The Balaban J connectivity index is 0.000000448. The van der Waals surface area contributed by atoms with Crippen molar-refractivity contribution in [3.8, 4) is 11.6 Å². The summed E-state index contributed by atoms with van der Waals surface area (Å²) in [7, 11) is 0. The molecule has 2 aromatic heterocycles. The summed E-state index contributed by atoms with van der Waals surface area (Å²) in [6.07, 6.45) is -4.24. The number of hydrogen-bond acceptors (Lipinski definition) is 6. The molecule has 0 saturated carbocycles. The molecule has 1 aliphatic heterocycles. The molecule has 5 rings (SSSR count). The maximum absolute atomic E-state index is 14.7. The fraction of sp³-hybridized carbons (Fsp3) is 0.240. The molecule has 0 bridgehead atoms. The summed E-state index contributed by atoms with van der Waals surface area (Å²) in [5.74, 6) is -6.11. The predicted octanol–water partition coefficient (Wildman–Crippen LogP) is 4.38. The molecule has 204 valence electrons. The second-order valence-corrected chi connectivity index (χ2v) is 8.37. The number of hydrogen-bond donors (Lipinski definition) is 1. The molecule has 1 aliphatic rings. The highest BCUT2D eigenvalue weighted by atomic mass is 19.4. The molecule has 3 heterocycles. The van der Waals surface area contributed by atoms with Crippen LogP contribution >= 0.6 is 0 Å².